The van der Waals surface area contributed by atoms with Crippen molar-refractivity contribution < 1.29 is 13.9 Å². The van der Waals surface area contributed by atoms with Gasteiger partial charge in [0, 0.05) is 11.5 Å². The van der Waals surface area contributed by atoms with Crippen LogP contribution >= 0.6 is 0 Å². The summed E-state index contributed by atoms with van der Waals surface area (Å²) < 4.78 is 16.3. The van der Waals surface area contributed by atoms with E-state index in [4.69, 9.17) is 13.9 Å². The fraction of sp³-hybridized carbons (Fsp3) is 0.190. The summed E-state index contributed by atoms with van der Waals surface area (Å²) in [6, 6.07) is 14.6. The van der Waals surface area contributed by atoms with Crippen LogP contribution in [0.5, 0.6) is 11.5 Å². The fourth-order valence-electron chi connectivity index (χ4n) is 2.53. The topological polar surface area (TPSA) is 48.7 Å². The summed E-state index contributed by atoms with van der Waals surface area (Å²) in [6.45, 7) is 6.33. The zero-order chi connectivity index (χ0) is 17.6. The van der Waals surface area contributed by atoms with Gasteiger partial charge in [-0.05, 0) is 42.3 Å². The van der Waals surface area contributed by atoms with Crippen molar-refractivity contribution in [2.24, 2.45) is 0 Å². The van der Waals surface area contributed by atoms with Crippen LogP contribution < -0.4 is 15.1 Å². The predicted molar refractivity (Wildman–Crippen MR) is 99.1 cm³/mol. The van der Waals surface area contributed by atoms with Crippen LogP contribution in [-0.2, 0) is 0 Å². The average molecular weight is 336 g/mol. The minimum Gasteiger partial charge on any atom is -0.494 e. The minimum atomic E-state index is -0.386. The lowest BCUT2D eigenvalue weighted by Gasteiger charge is -2.07. The molecule has 0 unspecified atom stereocenters. The molecule has 4 nitrogen and oxygen atoms in total. The van der Waals surface area contributed by atoms with Crippen molar-refractivity contribution in [3.8, 4) is 22.6 Å². The molecule has 4 heteroatoms. The highest BCUT2D eigenvalue weighted by Gasteiger charge is 2.09. The molecule has 0 aliphatic carbocycles. The van der Waals surface area contributed by atoms with Crippen molar-refractivity contribution in [1.82, 2.24) is 0 Å². The Bertz CT molecular complexity index is 923. The lowest BCUT2D eigenvalue weighted by Crippen LogP contribution is -2.03. The van der Waals surface area contributed by atoms with E-state index in [0.717, 1.165) is 29.5 Å². The van der Waals surface area contributed by atoms with E-state index in [9.17, 15) is 4.79 Å². The zero-order valence-corrected chi connectivity index (χ0v) is 14.2. The van der Waals surface area contributed by atoms with Crippen molar-refractivity contribution in [2.75, 3.05) is 6.61 Å². The maximum atomic E-state index is 12.3. The van der Waals surface area contributed by atoms with Crippen LogP contribution in [-0.4, -0.2) is 6.61 Å². The van der Waals surface area contributed by atoms with Crippen LogP contribution in [0, 0.1) is 0 Å². The highest BCUT2D eigenvalue weighted by Crippen LogP contribution is 2.25. The molecule has 0 atom stereocenters. The Morgan fingerprint density at radius 1 is 1.08 bits per heavy atom. The lowest BCUT2D eigenvalue weighted by molar-refractivity contribution is 0.309. The summed E-state index contributed by atoms with van der Waals surface area (Å²) in [5.74, 6) is 1.38. The van der Waals surface area contributed by atoms with Crippen LogP contribution in [0.2, 0.25) is 0 Å². The lowest BCUT2D eigenvalue weighted by atomic mass is 10.1. The molecule has 0 saturated carbocycles. The summed E-state index contributed by atoms with van der Waals surface area (Å²) in [7, 11) is 0. The largest absolute Gasteiger partial charge is 0.494 e. The predicted octanol–water partition coefficient (Wildman–Crippen LogP) is 5.16. The van der Waals surface area contributed by atoms with E-state index in [2.05, 4.69) is 13.5 Å². The molecule has 0 bridgehead atoms. The molecule has 1 aromatic heterocycles. The molecule has 0 fully saturated rings. The van der Waals surface area contributed by atoms with Crippen molar-refractivity contribution >= 4 is 11.0 Å². The highest BCUT2D eigenvalue weighted by molar-refractivity contribution is 5.82. The number of rotatable bonds is 7. The first-order valence-corrected chi connectivity index (χ1v) is 8.30. The summed E-state index contributed by atoms with van der Waals surface area (Å²) in [4.78, 5) is 12.3. The summed E-state index contributed by atoms with van der Waals surface area (Å²) >= 11 is 0. The van der Waals surface area contributed by atoms with Crippen molar-refractivity contribution in [1.29, 1.82) is 0 Å². The Kier molecular flexibility index (Phi) is 5.19. The second-order valence-electron chi connectivity index (χ2n) is 5.66. The second-order valence-corrected chi connectivity index (χ2v) is 5.66. The third kappa shape index (κ3) is 3.91. The van der Waals surface area contributed by atoms with Gasteiger partial charge in [-0.2, -0.15) is 0 Å². The number of hydrogen-bond donors (Lipinski definition) is 0. The molecule has 0 amide bonds. The quantitative estimate of drug-likeness (QED) is 0.340. The molecule has 25 heavy (non-hydrogen) atoms. The van der Waals surface area contributed by atoms with Gasteiger partial charge in [0.15, 0.2) is 0 Å². The summed E-state index contributed by atoms with van der Waals surface area (Å²) in [5.41, 5.74) is 1.41. The van der Waals surface area contributed by atoms with E-state index >= 15 is 0 Å². The zero-order valence-electron chi connectivity index (χ0n) is 14.2. The molecular formula is C21H20O4. The van der Waals surface area contributed by atoms with E-state index in [1.807, 2.05) is 36.4 Å². The van der Waals surface area contributed by atoms with Gasteiger partial charge in [0.25, 0.3) is 0 Å². The van der Waals surface area contributed by atoms with E-state index in [0.29, 0.717) is 23.5 Å². The second kappa shape index (κ2) is 7.71. The van der Waals surface area contributed by atoms with Gasteiger partial charge in [-0.15, -0.1) is 0 Å². The van der Waals surface area contributed by atoms with Gasteiger partial charge in [-0.1, -0.05) is 32.1 Å². The Balaban J connectivity index is 1.90. The molecule has 128 valence electrons. The van der Waals surface area contributed by atoms with Crippen molar-refractivity contribution in [2.45, 2.75) is 19.8 Å². The minimum absolute atomic E-state index is 0.386. The number of ether oxygens (including phenoxy) is 2. The van der Waals surface area contributed by atoms with E-state index in [1.165, 1.54) is 6.26 Å². The van der Waals surface area contributed by atoms with Gasteiger partial charge < -0.3 is 13.9 Å². The number of hydrogen-bond acceptors (Lipinski definition) is 4. The third-order valence-electron chi connectivity index (χ3n) is 3.86. The molecule has 0 spiro atoms. The van der Waals surface area contributed by atoms with Crippen LogP contribution in [0.3, 0.4) is 0 Å². The first-order valence-electron chi connectivity index (χ1n) is 8.30. The number of benzene rings is 2. The molecule has 0 saturated heterocycles. The van der Waals surface area contributed by atoms with E-state index in [-0.39, 0.29) is 5.63 Å². The first-order chi connectivity index (χ1) is 12.2. The smallest absolute Gasteiger partial charge is 0.344 e. The molecule has 0 aliphatic heterocycles. The van der Waals surface area contributed by atoms with Crippen LogP contribution in [0.25, 0.3) is 22.1 Å². The maximum Gasteiger partial charge on any atom is 0.344 e. The first kappa shape index (κ1) is 16.8. The Hall–Kier alpha value is -3.01. The Labute approximate surface area is 146 Å². The summed E-state index contributed by atoms with van der Waals surface area (Å²) in [5, 5.41) is 0.828. The van der Waals surface area contributed by atoms with Gasteiger partial charge in [-0.25, -0.2) is 4.79 Å². The highest BCUT2D eigenvalue weighted by atomic mass is 16.5. The molecule has 0 N–H and O–H groups in total. The van der Waals surface area contributed by atoms with Crippen LogP contribution in [0.4, 0.5) is 0 Å². The van der Waals surface area contributed by atoms with Crippen molar-refractivity contribution in [3.63, 3.8) is 0 Å². The van der Waals surface area contributed by atoms with Gasteiger partial charge in [0.05, 0.1) is 18.4 Å². The Morgan fingerprint density at radius 3 is 2.56 bits per heavy atom. The molecule has 3 aromatic rings. The monoisotopic (exact) mass is 336 g/mol. The Morgan fingerprint density at radius 2 is 1.84 bits per heavy atom. The maximum absolute atomic E-state index is 12.3. The van der Waals surface area contributed by atoms with Crippen molar-refractivity contribution in [3.05, 3.63) is 71.8 Å². The van der Waals surface area contributed by atoms with E-state index < -0.39 is 0 Å². The van der Waals surface area contributed by atoms with Gasteiger partial charge in [-0.3, -0.25) is 0 Å². The molecule has 3 rings (SSSR count). The van der Waals surface area contributed by atoms with Crippen LogP contribution in [0.1, 0.15) is 19.8 Å². The average Bonchev–Trinajstić information content (AvgIpc) is 2.62. The molecule has 0 radical (unpaired) electrons. The SMILES string of the molecule is C=COc1ccc2cc(-c3ccc(OCCCC)cc3)c(=O)oc2c1. The molecule has 1 heterocycles. The van der Waals surface area contributed by atoms with Gasteiger partial charge in [0.1, 0.15) is 17.1 Å². The third-order valence-corrected chi connectivity index (χ3v) is 3.86. The molecule has 0 aliphatic rings. The van der Waals surface area contributed by atoms with Crippen LogP contribution in [0.15, 0.2) is 70.6 Å². The normalized spacial score (nSPS) is 10.6. The standard InChI is InChI=1S/C21H20O4/c1-3-5-12-24-17-9-6-15(7-10-17)19-13-16-8-11-18(23-4-2)14-20(16)25-21(19)22/h4,6-11,13-14H,2-3,5,12H2,1H3. The number of fused-ring (bicyclic) bond motifs is 1. The summed E-state index contributed by atoms with van der Waals surface area (Å²) in [6.07, 6.45) is 3.45. The number of unbranched alkanes of at least 4 members (excludes halogenated alkanes) is 1. The molecule has 2 aromatic carbocycles. The fourth-order valence-corrected chi connectivity index (χ4v) is 2.53. The van der Waals surface area contributed by atoms with E-state index in [1.54, 1.807) is 12.1 Å². The van der Waals surface area contributed by atoms with Gasteiger partial charge >= 0.3 is 5.63 Å². The van der Waals surface area contributed by atoms with Gasteiger partial charge in [0.2, 0.25) is 0 Å². The molecular weight excluding hydrogens is 316 g/mol.